The summed E-state index contributed by atoms with van der Waals surface area (Å²) in [4.78, 5) is 12.8. The first-order chi connectivity index (χ1) is 13.3. The molecule has 1 fully saturated rings. The molecule has 2 aromatic heterocycles. The standard InChI is InChI=1S/C18H13F3N6O/c19-18(20,21)27-7-4-14(26-27)15-12(11-8-23-24-9-11)2-1-3-13(15)16(28)25-17(10-22)5-6-17/h1-4,7-9H,5-6H2,(H,23,24)(H,25,28). The second-order valence-electron chi connectivity index (χ2n) is 6.48. The molecule has 7 nitrogen and oxygen atoms in total. The molecule has 0 unspecified atom stereocenters. The van der Waals surface area contributed by atoms with Crippen LogP contribution in [0.2, 0.25) is 0 Å². The second kappa shape index (κ2) is 6.23. The summed E-state index contributed by atoms with van der Waals surface area (Å²) >= 11 is 0. The molecule has 1 aliphatic carbocycles. The van der Waals surface area contributed by atoms with Gasteiger partial charge in [-0.1, -0.05) is 12.1 Å². The highest BCUT2D eigenvalue weighted by Gasteiger charge is 2.45. The van der Waals surface area contributed by atoms with Crippen molar-refractivity contribution in [3.8, 4) is 28.5 Å². The average Bonchev–Trinajstić information content (AvgIpc) is 3.07. The van der Waals surface area contributed by atoms with Gasteiger partial charge in [0.15, 0.2) is 0 Å². The third-order valence-corrected chi connectivity index (χ3v) is 4.54. The van der Waals surface area contributed by atoms with Gasteiger partial charge >= 0.3 is 6.30 Å². The maximum absolute atomic E-state index is 13.0. The van der Waals surface area contributed by atoms with Crippen molar-refractivity contribution in [3.63, 3.8) is 0 Å². The third kappa shape index (κ3) is 3.11. The zero-order chi connectivity index (χ0) is 19.9. The number of benzene rings is 1. The number of alkyl halides is 3. The molecule has 0 saturated heterocycles. The number of carbonyl (C=O) groups excluding carboxylic acids is 1. The number of hydrogen-bond donors (Lipinski definition) is 2. The van der Waals surface area contributed by atoms with Crippen molar-refractivity contribution in [2.45, 2.75) is 24.7 Å². The van der Waals surface area contributed by atoms with Gasteiger partial charge in [-0.3, -0.25) is 9.89 Å². The lowest BCUT2D eigenvalue weighted by Crippen LogP contribution is -2.35. The Balaban J connectivity index is 1.85. The molecule has 0 aliphatic heterocycles. The number of H-pyrrole nitrogens is 1. The monoisotopic (exact) mass is 386 g/mol. The first kappa shape index (κ1) is 17.8. The normalized spacial score (nSPS) is 15.1. The van der Waals surface area contributed by atoms with Gasteiger partial charge in [0.05, 0.1) is 18.0 Å². The molecule has 142 valence electrons. The van der Waals surface area contributed by atoms with Gasteiger partial charge in [0.25, 0.3) is 5.91 Å². The van der Waals surface area contributed by atoms with Crippen LogP contribution in [0, 0.1) is 11.3 Å². The van der Waals surface area contributed by atoms with Gasteiger partial charge in [-0.15, -0.1) is 13.2 Å². The van der Waals surface area contributed by atoms with Crippen molar-refractivity contribution in [2.24, 2.45) is 0 Å². The van der Waals surface area contributed by atoms with E-state index in [9.17, 15) is 23.2 Å². The van der Waals surface area contributed by atoms with E-state index < -0.39 is 17.7 Å². The van der Waals surface area contributed by atoms with Crippen molar-refractivity contribution in [1.29, 1.82) is 5.26 Å². The Labute approximate surface area is 156 Å². The Bertz CT molecular complexity index is 1070. The van der Waals surface area contributed by atoms with E-state index in [0.717, 1.165) is 6.20 Å². The largest absolute Gasteiger partial charge is 0.504 e. The molecule has 1 aromatic carbocycles. The lowest BCUT2D eigenvalue weighted by molar-refractivity contribution is -0.212. The number of rotatable bonds is 4. The minimum Gasteiger partial charge on any atom is -0.334 e. The summed E-state index contributed by atoms with van der Waals surface area (Å²) in [6.07, 6.45) is 0.256. The van der Waals surface area contributed by atoms with Crippen LogP contribution in [0.25, 0.3) is 22.4 Å². The number of aromatic amines is 1. The molecule has 3 aromatic rings. The fourth-order valence-electron chi connectivity index (χ4n) is 2.93. The molecular weight excluding hydrogens is 373 g/mol. The summed E-state index contributed by atoms with van der Waals surface area (Å²) in [6, 6.07) is 8.04. The van der Waals surface area contributed by atoms with Gasteiger partial charge in [-0.2, -0.15) is 20.1 Å². The Morgan fingerprint density at radius 2 is 2.11 bits per heavy atom. The summed E-state index contributed by atoms with van der Waals surface area (Å²) in [6.45, 7) is 0. The van der Waals surface area contributed by atoms with E-state index in [1.807, 2.05) is 0 Å². The highest BCUT2D eigenvalue weighted by Crippen LogP contribution is 2.38. The van der Waals surface area contributed by atoms with E-state index in [0.29, 0.717) is 24.0 Å². The molecule has 28 heavy (non-hydrogen) atoms. The summed E-state index contributed by atoms with van der Waals surface area (Å²) in [7, 11) is 0. The van der Waals surface area contributed by atoms with Crippen molar-refractivity contribution in [2.75, 3.05) is 0 Å². The summed E-state index contributed by atoms with van der Waals surface area (Å²) < 4.78 is 38.9. The number of nitrogens with one attached hydrogen (secondary N) is 2. The molecular formula is C18H13F3N6O. The van der Waals surface area contributed by atoms with Crippen LogP contribution in [-0.4, -0.2) is 31.4 Å². The first-order valence-electron chi connectivity index (χ1n) is 8.32. The van der Waals surface area contributed by atoms with Gasteiger partial charge in [0.2, 0.25) is 0 Å². The highest BCUT2D eigenvalue weighted by molar-refractivity contribution is 6.04. The molecule has 1 aliphatic rings. The topological polar surface area (TPSA) is 99.4 Å². The predicted octanol–water partition coefficient (Wildman–Crippen LogP) is 3.20. The zero-order valence-electron chi connectivity index (χ0n) is 14.3. The molecule has 10 heteroatoms. The van der Waals surface area contributed by atoms with Gasteiger partial charge in [-0.05, 0) is 30.5 Å². The molecule has 0 spiro atoms. The van der Waals surface area contributed by atoms with E-state index in [4.69, 9.17) is 0 Å². The minimum atomic E-state index is -4.68. The molecule has 1 saturated carbocycles. The van der Waals surface area contributed by atoms with Crippen molar-refractivity contribution in [3.05, 3.63) is 48.4 Å². The lowest BCUT2D eigenvalue weighted by Gasteiger charge is -2.15. The van der Waals surface area contributed by atoms with E-state index in [-0.39, 0.29) is 21.5 Å². The van der Waals surface area contributed by atoms with Crippen molar-refractivity contribution in [1.82, 2.24) is 25.3 Å². The number of carbonyl (C=O) groups is 1. The SMILES string of the molecule is N#CC1(NC(=O)c2cccc(-c3cn[nH]c3)c2-c2ccn(C(F)(F)F)n2)CC1. The Morgan fingerprint density at radius 1 is 1.32 bits per heavy atom. The van der Waals surface area contributed by atoms with Crippen LogP contribution < -0.4 is 5.32 Å². The fourth-order valence-corrected chi connectivity index (χ4v) is 2.93. The second-order valence-corrected chi connectivity index (χ2v) is 6.48. The first-order valence-corrected chi connectivity index (χ1v) is 8.32. The van der Waals surface area contributed by atoms with Crippen molar-refractivity contribution >= 4 is 5.91 Å². The third-order valence-electron chi connectivity index (χ3n) is 4.54. The van der Waals surface area contributed by atoms with Gasteiger partial charge < -0.3 is 5.32 Å². The molecule has 0 radical (unpaired) electrons. The zero-order valence-corrected chi connectivity index (χ0v) is 14.3. The lowest BCUT2D eigenvalue weighted by atomic mass is 9.94. The Morgan fingerprint density at radius 3 is 2.68 bits per heavy atom. The van der Waals surface area contributed by atoms with E-state index in [1.54, 1.807) is 18.3 Å². The summed E-state index contributed by atoms with van der Waals surface area (Å²) in [5.41, 5.74) is 0.529. The fraction of sp³-hybridized carbons (Fsp3) is 0.222. The van der Waals surface area contributed by atoms with Gasteiger partial charge in [0.1, 0.15) is 5.54 Å². The maximum atomic E-state index is 13.0. The summed E-state index contributed by atoms with van der Waals surface area (Å²) in [5, 5.41) is 22.0. The highest BCUT2D eigenvalue weighted by atomic mass is 19.4. The van der Waals surface area contributed by atoms with Crippen molar-refractivity contribution < 1.29 is 18.0 Å². The quantitative estimate of drug-likeness (QED) is 0.719. The van der Waals surface area contributed by atoms with Crippen LogP contribution in [0.4, 0.5) is 13.2 Å². The van der Waals surface area contributed by atoms with Crippen LogP contribution in [0.15, 0.2) is 42.9 Å². The van der Waals surface area contributed by atoms with E-state index in [2.05, 4.69) is 26.7 Å². The number of nitriles is 1. The number of nitrogens with zero attached hydrogens (tertiary/aromatic N) is 4. The van der Waals surface area contributed by atoms with Crippen LogP contribution in [-0.2, 0) is 6.30 Å². The maximum Gasteiger partial charge on any atom is 0.504 e. The Kier molecular flexibility index (Phi) is 3.96. The molecule has 0 bridgehead atoms. The average molecular weight is 386 g/mol. The Hall–Kier alpha value is -3.61. The molecule has 1 amide bonds. The minimum absolute atomic E-state index is 0.0129. The number of amides is 1. The van der Waals surface area contributed by atoms with E-state index >= 15 is 0 Å². The number of hydrogen-bond acceptors (Lipinski definition) is 4. The van der Waals surface area contributed by atoms with Crippen LogP contribution in [0.1, 0.15) is 23.2 Å². The van der Waals surface area contributed by atoms with Crippen LogP contribution >= 0.6 is 0 Å². The molecule has 2 heterocycles. The number of halogens is 3. The van der Waals surface area contributed by atoms with Crippen LogP contribution in [0.5, 0.6) is 0 Å². The van der Waals surface area contributed by atoms with Crippen LogP contribution in [0.3, 0.4) is 0 Å². The predicted molar refractivity (Wildman–Crippen MR) is 91.6 cm³/mol. The van der Waals surface area contributed by atoms with Gasteiger partial charge in [0, 0.05) is 29.1 Å². The van der Waals surface area contributed by atoms with E-state index in [1.165, 1.54) is 18.3 Å². The molecule has 2 N–H and O–H groups in total. The summed E-state index contributed by atoms with van der Waals surface area (Å²) in [5.74, 6) is -0.541. The molecule has 0 atom stereocenters. The number of aromatic nitrogens is 4. The smallest absolute Gasteiger partial charge is 0.334 e. The molecule has 4 rings (SSSR count). The van der Waals surface area contributed by atoms with Gasteiger partial charge in [-0.25, -0.2) is 0 Å².